The maximum Gasteiger partial charge on any atom is 0.322 e. The first-order chi connectivity index (χ1) is 14.8. The van der Waals surface area contributed by atoms with E-state index < -0.39 is 0 Å². The number of carbonyl (C=O) groups is 2. The van der Waals surface area contributed by atoms with Crippen LogP contribution in [0.5, 0.6) is 0 Å². The molecule has 31 heavy (non-hydrogen) atoms. The van der Waals surface area contributed by atoms with Crippen molar-refractivity contribution in [2.45, 2.75) is 39.9 Å². The number of rotatable bonds is 8. The van der Waals surface area contributed by atoms with Gasteiger partial charge in [0.15, 0.2) is 0 Å². The van der Waals surface area contributed by atoms with Gasteiger partial charge in [-0.25, -0.2) is 4.79 Å². The molecule has 0 saturated carbocycles. The van der Waals surface area contributed by atoms with Gasteiger partial charge >= 0.3 is 6.03 Å². The molecule has 7 heteroatoms. The van der Waals surface area contributed by atoms with Crippen LogP contribution in [0.2, 0.25) is 0 Å². The molecule has 0 aliphatic heterocycles. The van der Waals surface area contributed by atoms with Crippen LogP contribution in [0.3, 0.4) is 0 Å². The maximum absolute atomic E-state index is 13.3. The lowest BCUT2D eigenvalue weighted by molar-refractivity contribution is -0.133. The molecular formula is C24H30N4O3. The Labute approximate surface area is 183 Å². The number of aromatic nitrogens is 1. The smallest absolute Gasteiger partial charge is 0.322 e. The zero-order chi connectivity index (χ0) is 22.4. The first-order valence-electron chi connectivity index (χ1n) is 10.4. The van der Waals surface area contributed by atoms with E-state index in [1.807, 2.05) is 81.0 Å². The van der Waals surface area contributed by atoms with E-state index in [-0.39, 0.29) is 24.5 Å². The van der Waals surface area contributed by atoms with Gasteiger partial charge in [-0.3, -0.25) is 4.79 Å². The fourth-order valence-electron chi connectivity index (χ4n) is 3.25. The quantitative estimate of drug-likeness (QED) is 0.585. The predicted molar refractivity (Wildman–Crippen MR) is 120 cm³/mol. The van der Waals surface area contributed by atoms with Crippen molar-refractivity contribution in [1.82, 2.24) is 14.4 Å². The monoisotopic (exact) mass is 422 g/mol. The molecule has 0 saturated heterocycles. The molecule has 2 heterocycles. The Morgan fingerprint density at radius 3 is 2.39 bits per heavy atom. The van der Waals surface area contributed by atoms with Gasteiger partial charge in [0.25, 0.3) is 0 Å². The number of hydrogen-bond acceptors (Lipinski definition) is 3. The summed E-state index contributed by atoms with van der Waals surface area (Å²) in [5.41, 5.74) is 2.81. The van der Waals surface area contributed by atoms with Crippen molar-refractivity contribution in [1.29, 1.82) is 0 Å². The number of urea groups is 1. The second-order valence-electron chi connectivity index (χ2n) is 7.96. The summed E-state index contributed by atoms with van der Waals surface area (Å²) in [5.74, 6) is 0.549. The van der Waals surface area contributed by atoms with Crippen LogP contribution in [0.25, 0.3) is 0 Å². The van der Waals surface area contributed by atoms with Gasteiger partial charge in [0.1, 0.15) is 12.3 Å². The Morgan fingerprint density at radius 1 is 1.06 bits per heavy atom. The first-order valence-corrected chi connectivity index (χ1v) is 10.4. The summed E-state index contributed by atoms with van der Waals surface area (Å²) in [6.45, 7) is 6.52. The summed E-state index contributed by atoms with van der Waals surface area (Å²) < 4.78 is 7.44. The lowest BCUT2D eigenvalue weighted by Gasteiger charge is -2.30. The molecule has 0 radical (unpaired) electrons. The summed E-state index contributed by atoms with van der Waals surface area (Å²) in [4.78, 5) is 29.4. The third-order valence-corrected chi connectivity index (χ3v) is 5.18. The van der Waals surface area contributed by atoms with Gasteiger partial charge < -0.3 is 24.1 Å². The van der Waals surface area contributed by atoms with Gasteiger partial charge in [0.05, 0.1) is 19.4 Å². The molecule has 1 aromatic carbocycles. The number of anilines is 1. The lowest BCUT2D eigenvalue weighted by Crippen LogP contribution is -2.47. The highest BCUT2D eigenvalue weighted by Crippen LogP contribution is 2.14. The Morgan fingerprint density at radius 2 is 1.81 bits per heavy atom. The minimum Gasteiger partial charge on any atom is -0.467 e. The Hall–Kier alpha value is -3.48. The predicted octanol–water partition coefficient (Wildman–Crippen LogP) is 4.40. The second-order valence-corrected chi connectivity index (χ2v) is 7.96. The molecule has 0 fully saturated rings. The van der Waals surface area contributed by atoms with Gasteiger partial charge in [-0.2, -0.15) is 0 Å². The molecule has 7 nitrogen and oxygen atoms in total. The number of hydrogen-bond donors (Lipinski definition) is 1. The molecule has 1 N–H and O–H groups in total. The number of nitrogens with one attached hydrogen (secondary N) is 1. The molecule has 3 amide bonds. The van der Waals surface area contributed by atoms with Crippen LogP contribution in [0.4, 0.5) is 10.5 Å². The summed E-state index contributed by atoms with van der Waals surface area (Å²) in [6.07, 6.45) is 3.54. The molecule has 0 aliphatic carbocycles. The van der Waals surface area contributed by atoms with Crippen LogP contribution < -0.4 is 5.32 Å². The van der Waals surface area contributed by atoms with Gasteiger partial charge in [-0.1, -0.05) is 17.7 Å². The summed E-state index contributed by atoms with van der Waals surface area (Å²) in [7, 11) is 1.94. The van der Waals surface area contributed by atoms with E-state index >= 15 is 0 Å². The zero-order valence-electron chi connectivity index (χ0n) is 18.5. The van der Waals surface area contributed by atoms with E-state index in [0.717, 1.165) is 11.3 Å². The maximum atomic E-state index is 13.3. The van der Waals surface area contributed by atoms with E-state index in [2.05, 4.69) is 5.32 Å². The van der Waals surface area contributed by atoms with Crippen molar-refractivity contribution >= 4 is 17.6 Å². The van der Waals surface area contributed by atoms with Gasteiger partial charge in [-0.05, 0) is 57.2 Å². The second kappa shape index (κ2) is 10.0. The minimum atomic E-state index is -0.302. The topological polar surface area (TPSA) is 70.7 Å². The lowest BCUT2D eigenvalue weighted by atomic mass is 10.2. The summed E-state index contributed by atoms with van der Waals surface area (Å²) >= 11 is 0. The van der Waals surface area contributed by atoms with Crippen molar-refractivity contribution in [3.8, 4) is 0 Å². The minimum absolute atomic E-state index is 0.0273. The number of amides is 3. The number of carbonyl (C=O) groups excluding carboxylic acids is 2. The molecule has 164 valence electrons. The normalized spacial score (nSPS) is 10.9. The van der Waals surface area contributed by atoms with E-state index in [4.69, 9.17) is 4.42 Å². The zero-order valence-corrected chi connectivity index (χ0v) is 18.5. The highest BCUT2D eigenvalue weighted by molar-refractivity contribution is 5.92. The molecule has 0 bridgehead atoms. The van der Waals surface area contributed by atoms with Crippen molar-refractivity contribution in [2.75, 3.05) is 11.9 Å². The number of benzene rings is 1. The average molecular weight is 423 g/mol. The molecule has 0 unspecified atom stereocenters. The van der Waals surface area contributed by atoms with Gasteiger partial charge in [-0.15, -0.1) is 0 Å². The van der Waals surface area contributed by atoms with Crippen LogP contribution in [0, 0.1) is 6.92 Å². The van der Waals surface area contributed by atoms with Crippen LogP contribution in [-0.4, -0.2) is 38.9 Å². The van der Waals surface area contributed by atoms with Crippen molar-refractivity contribution in [3.05, 3.63) is 78.0 Å². The van der Waals surface area contributed by atoms with Crippen molar-refractivity contribution in [3.63, 3.8) is 0 Å². The SMILES string of the molecule is Cc1ccc(NC(=O)N(CC(=O)N(Cc2ccco2)Cc2cccn2C)C(C)C)cc1. The molecular weight excluding hydrogens is 392 g/mol. The molecule has 0 aliphatic rings. The summed E-state index contributed by atoms with van der Waals surface area (Å²) in [6, 6.07) is 14.7. The average Bonchev–Trinajstić information content (AvgIpc) is 3.39. The summed E-state index contributed by atoms with van der Waals surface area (Å²) in [5, 5.41) is 2.89. The first kappa shape index (κ1) is 22.2. The molecule has 0 atom stereocenters. The highest BCUT2D eigenvalue weighted by atomic mass is 16.3. The van der Waals surface area contributed by atoms with Crippen LogP contribution >= 0.6 is 0 Å². The number of nitrogens with zero attached hydrogens (tertiary/aromatic N) is 3. The van der Waals surface area contributed by atoms with Gasteiger partial charge in [0, 0.05) is 30.7 Å². The number of furan rings is 1. The Balaban J connectivity index is 1.73. The van der Waals surface area contributed by atoms with Crippen LogP contribution in [-0.2, 0) is 24.9 Å². The molecule has 3 aromatic rings. The van der Waals surface area contributed by atoms with E-state index in [9.17, 15) is 9.59 Å². The number of aryl methyl sites for hydroxylation is 2. The van der Waals surface area contributed by atoms with Crippen LogP contribution in [0.1, 0.15) is 30.9 Å². The van der Waals surface area contributed by atoms with Crippen molar-refractivity contribution in [2.24, 2.45) is 7.05 Å². The van der Waals surface area contributed by atoms with Crippen LogP contribution in [0.15, 0.2) is 65.4 Å². The van der Waals surface area contributed by atoms with Crippen molar-refractivity contribution < 1.29 is 14.0 Å². The Kier molecular flexibility index (Phi) is 7.18. The molecule has 3 rings (SSSR count). The largest absolute Gasteiger partial charge is 0.467 e. The third-order valence-electron chi connectivity index (χ3n) is 5.18. The van der Waals surface area contributed by atoms with E-state index in [0.29, 0.717) is 24.5 Å². The molecule has 2 aromatic heterocycles. The molecule has 0 spiro atoms. The fraction of sp³-hybridized carbons (Fsp3) is 0.333. The highest BCUT2D eigenvalue weighted by Gasteiger charge is 2.25. The Bertz CT molecular complexity index is 990. The third kappa shape index (κ3) is 6.01. The van der Waals surface area contributed by atoms with E-state index in [1.54, 1.807) is 22.1 Å². The van der Waals surface area contributed by atoms with Gasteiger partial charge in [0.2, 0.25) is 5.91 Å². The van der Waals surface area contributed by atoms with E-state index in [1.165, 1.54) is 0 Å². The fourth-order valence-corrected chi connectivity index (χ4v) is 3.25. The standard InChI is InChI=1S/C24H30N4O3/c1-18(2)28(24(30)25-20-11-9-19(3)10-12-20)17-23(29)27(16-22-8-6-14-31-22)15-21-7-5-13-26(21)4/h5-14,18H,15-17H2,1-4H3,(H,25,30).